The lowest BCUT2D eigenvalue weighted by molar-refractivity contribution is 1.17. The van der Waals surface area contributed by atoms with Crippen molar-refractivity contribution in [3.63, 3.8) is 0 Å². The Morgan fingerprint density at radius 3 is 2.29 bits per heavy atom. The van der Waals surface area contributed by atoms with E-state index < -0.39 is 0 Å². The van der Waals surface area contributed by atoms with Gasteiger partial charge >= 0.3 is 0 Å². The standard InChI is InChI=1S/C10H8BrN3/c11-10-6-13-9(5-14-10)7-1-3-8(12)4-2-7/h1-6H,12H2. The van der Waals surface area contributed by atoms with E-state index in [-0.39, 0.29) is 0 Å². The predicted octanol–water partition coefficient (Wildman–Crippen LogP) is 2.49. The molecule has 0 aliphatic rings. The highest BCUT2D eigenvalue weighted by molar-refractivity contribution is 9.10. The van der Waals surface area contributed by atoms with Gasteiger partial charge in [-0.25, -0.2) is 4.98 Å². The Hall–Kier alpha value is -1.42. The molecule has 1 aromatic heterocycles. The van der Waals surface area contributed by atoms with Crippen LogP contribution in [0.4, 0.5) is 5.69 Å². The smallest absolute Gasteiger partial charge is 0.124 e. The van der Waals surface area contributed by atoms with E-state index in [0.29, 0.717) is 0 Å². The molecular weight excluding hydrogens is 242 g/mol. The van der Waals surface area contributed by atoms with Crippen LogP contribution in [0.2, 0.25) is 0 Å². The lowest BCUT2D eigenvalue weighted by atomic mass is 10.1. The average molecular weight is 250 g/mol. The fraction of sp³-hybridized carbons (Fsp3) is 0. The van der Waals surface area contributed by atoms with Gasteiger partial charge in [0.1, 0.15) is 4.60 Å². The van der Waals surface area contributed by atoms with Crippen molar-refractivity contribution in [2.75, 3.05) is 5.73 Å². The number of rotatable bonds is 1. The molecular formula is C10H8BrN3. The Morgan fingerprint density at radius 2 is 1.71 bits per heavy atom. The van der Waals surface area contributed by atoms with E-state index in [4.69, 9.17) is 5.73 Å². The second kappa shape index (κ2) is 3.75. The molecule has 0 fully saturated rings. The molecule has 0 unspecified atom stereocenters. The van der Waals surface area contributed by atoms with Gasteiger partial charge in [0.15, 0.2) is 0 Å². The number of nitrogen functional groups attached to an aromatic ring is 1. The lowest BCUT2D eigenvalue weighted by Gasteiger charge is -2.00. The molecule has 0 aliphatic heterocycles. The summed E-state index contributed by atoms with van der Waals surface area (Å²) in [6.45, 7) is 0. The van der Waals surface area contributed by atoms with Gasteiger partial charge in [0.2, 0.25) is 0 Å². The zero-order valence-corrected chi connectivity index (χ0v) is 8.90. The third kappa shape index (κ3) is 1.90. The number of hydrogen-bond donors (Lipinski definition) is 1. The SMILES string of the molecule is Nc1ccc(-c2cnc(Br)cn2)cc1. The molecule has 1 heterocycles. The first-order chi connectivity index (χ1) is 6.75. The maximum absolute atomic E-state index is 5.59. The Bertz CT molecular complexity index is 379. The van der Waals surface area contributed by atoms with Crippen LogP contribution in [-0.4, -0.2) is 9.97 Å². The number of nitrogens with two attached hydrogens (primary N) is 1. The summed E-state index contributed by atoms with van der Waals surface area (Å²) in [6.07, 6.45) is 3.39. The van der Waals surface area contributed by atoms with E-state index in [1.807, 2.05) is 24.3 Å². The average Bonchev–Trinajstić information content (AvgIpc) is 2.21. The Kier molecular flexibility index (Phi) is 2.45. The Morgan fingerprint density at radius 1 is 1.00 bits per heavy atom. The van der Waals surface area contributed by atoms with Gasteiger partial charge in [-0.1, -0.05) is 12.1 Å². The Labute approximate surface area is 90.1 Å². The van der Waals surface area contributed by atoms with Crippen LogP contribution in [0.3, 0.4) is 0 Å². The van der Waals surface area contributed by atoms with E-state index in [9.17, 15) is 0 Å². The molecule has 0 saturated carbocycles. The van der Waals surface area contributed by atoms with Crippen LogP contribution in [-0.2, 0) is 0 Å². The number of hydrogen-bond acceptors (Lipinski definition) is 3. The van der Waals surface area contributed by atoms with Gasteiger partial charge < -0.3 is 5.73 Å². The maximum Gasteiger partial charge on any atom is 0.124 e. The van der Waals surface area contributed by atoms with Gasteiger partial charge in [-0.15, -0.1) is 0 Å². The lowest BCUT2D eigenvalue weighted by Crippen LogP contribution is -1.87. The van der Waals surface area contributed by atoms with Crippen LogP contribution >= 0.6 is 15.9 Å². The molecule has 2 aromatic rings. The summed E-state index contributed by atoms with van der Waals surface area (Å²) >= 11 is 3.24. The first kappa shape index (κ1) is 9.15. The summed E-state index contributed by atoms with van der Waals surface area (Å²) in [5.74, 6) is 0. The van der Waals surface area contributed by atoms with Crippen molar-refractivity contribution in [1.82, 2.24) is 9.97 Å². The van der Waals surface area contributed by atoms with Crippen LogP contribution in [0.25, 0.3) is 11.3 Å². The molecule has 2 rings (SSSR count). The highest BCUT2D eigenvalue weighted by atomic mass is 79.9. The highest BCUT2D eigenvalue weighted by Crippen LogP contribution is 2.18. The number of halogens is 1. The highest BCUT2D eigenvalue weighted by Gasteiger charge is 1.98. The first-order valence-corrected chi connectivity index (χ1v) is 4.88. The third-order valence-corrected chi connectivity index (χ3v) is 2.24. The van der Waals surface area contributed by atoms with E-state index in [1.54, 1.807) is 12.4 Å². The number of anilines is 1. The maximum atomic E-state index is 5.59. The van der Waals surface area contributed by atoms with Crippen LogP contribution in [0, 0.1) is 0 Å². The monoisotopic (exact) mass is 249 g/mol. The fourth-order valence-electron chi connectivity index (χ4n) is 1.12. The third-order valence-electron chi connectivity index (χ3n) is 1.83. The first-order valence-electron chi connectivity index (χ1n) is 4.09. The summed E-state index contributed by atoms with van der Waals surface area (Å²) in [4.78, 5) is 8.33. The molecule has 70 valence electrons. The summed E-state index contributed by atoms with van der Waals surface area (Å²) in [5, 5.41) is 0. The molecule has 0 radical (unpaired) electrons. The number of aromatic nitrogens is 2. The van der Waals surface area contributed by atoms with Crippen molar-refractivity contribution in [2.24, 2.45) is 0 Å². The van der Waals surface area contributed by atoms with Gasteiger partial charge in [0.05, 0.1) is 18.1 Å². The molecule has 0 atom stereocenters. The molecule has 3 nitrogen and oxygen atoms in total. The zero-order valence-electron chi connectivity index (χ0n) is 7.31. The van der Waals surface area contributed by atoms with E-state index in [0.717, 1.165) is 21.5 Å². The second-order valence-corrected chi connectivity index (χ2v) is 3.66. The summed E-state index contributed by atoms with van der Waals surface area (Å²) in [6, 6.07) is 7.54. The summed E-state index contributed by atoms with van der Waals surface area (Å²) in [7, 11) is 0. The predicted molar refractivity (Wildman–Crippen MR) is 59.6 cm³/mol. The summed E-state index contributed by atoms with van der Waals surface area (Å²) in [5.41, 5.74) is 8.19. The fourth-order valence-corrected chi connectivity index (χ4v) is 1.32. The van der Waals surface area contributed by atoms with Crippen LogP contribution in [0.15, 0.2) is 41.3 Å². The quantitative estimate of drug-likeness (QED) is 0.791. The molecule has 0 spiro atoms. The summed E-state index contributed by atoms with van der Waals surface area (Å²) < 4.78 is 0.733. The topological polar surface area (TPSA) is 51.8 Å². The minimum atomic E-state index is 0.733. The Balaban J connectivity index is 2.40. The van der Waals surface area contributed by atoms with Crippen LogP contribution in [0.5, 0.6) is 0 Å². The van der Waals surface area contributed by atoms with Crippen molar-refractivity contribution in [2.45, 2.75) is 0 Å². The van der Waals surface area contributed by atoms with Crippen molar-refractivity contribution in [1.29, 1.82) is 0 Å². The second-order valence-electron chi connectivity index (χ2n) is 2.85. The van der Waals surface area contributed by atoms with E-state index in [1.165, 1.54) is 0 Å². The van der Waals surface area contributed by atoms with Crippen LogP contribution in [0.1, 0.15) is 0 Å². The van der Waals surface area contributed by atoms with E-state index >= 15 is 0 Å². The van der Waals surface area contributed by atoms with Gasteiger partial charge in [-0.05, 0) is 28.1 Å². The van der Waals surface area contributed by atoms with Crippen LogP contribution < -0.4 is 5.73 Å². The largest absolute Gasteiger partial charge is 0.399 e. The van der Waals surface area contributed by atoms with Gasteiger partial charge in [-0.2, -0.15) is 0 Å². The molecule has 0 amide bonds. The van der Waals surface area contributed by atoms with Gasteiger partial charge in [0, 0.05) is 11.3 Å². The van der Waals surface area contributed by atoms with Crippen molar-refractivity contribution in [3.05, 3.63) is 41.3 Å². The number of nitrogens with zero attached hydrogens (tertiary/aromatic N) is 2. The minimum Gasteiger partial charge on any atom is -0.399 e. The van der Waals surface area contributed by atoms with Crippen molar-refractivity contribution >= 4 is 21.6 Å². The van der Waals surface area contributed by atoms with Gasteiger partial charge in [-0.3, -0.25) is 4.98 Å². The molecule has 0 saturated heterocycles. The minimum absolute atomic E-state index is 0.733. The number of benzene rings is 1. The molecule has 14 heavy (non-hydrogen) atoms. The molecule has 2 N–H and O–H groups in total. The molecule has 0 bridgehead atoms. The molecule has 4 heteroatoms. The normalized spacial score (nSPS) is 10.1. The van der Waals surface area contributed by atoms with Gasteiger partial charge in [0.25, 0.3) is 0 Å². The molecule has 0 aliphatic carbocycles. The van der Waals surface area contributed by atoms with Crippen molar-refractivity contribution < 1.29 is 0 Å². The zero-order chi connectivity index (χ0) is 9.97. The van der Waals surface area contributed by atoms with Crippen molar-refractivity contribution in [3.8, 4) is 11.3 Å². The molecule has 1 aromatic carbocycles. The van der Waals surface area contributed by atoms with E-state index in [2.05, 4.69) is 25.9 Å².